The Bertz CT molecular complexity index is 1420. The first kappa shape index (κ1) is 24.8. The molecule has 0 radical (unpaired) electrons. The number of fused-ring (bicyclic) bond motifs is 1. The van der Waals surface area contributed by atoms with E-state index in [2.05, 4.69) is 15.2 Å². The lowest BCUT2D eigenvalue weighted by Gasteiger charge is -2.14. The minimum absolute atomic E-state index is 0.00346. The summed E-state index contributed by atoms with van der Waals surface area (Å²) in [6.45, 7) is 2.46. The average Bonchev–Trinajstić information content (AvgIpc) is 3.36. The Kier molecular flexibility index (Phi) is 6.65. The smallest absolute Gasteiger partial charge is 0.433 e. The first-order chi connectivity index (χ1) is 16.5. The van der Waals surface area contributed by atoms with Crippen LogP contribution in [0.15, 0.2) is 36.5 Å². The van der Waals surface area contributed by atoms with Gasteiger partial charge in [-0.3, -0.25) is 9.48 Å². The molecule has 35 heavy (non-hydrogen) atoms. The van der Waals surface area contributed by atoms with Crippen molar-refractivity contribution in [3.05, 3.63) is 63.7 Å². The number of halogens is 5. The summed E-state index contributed by atoms with van der Waals surface area (Å²) in [6, 6.07) is 7.26. The summed E-state index contributed by atoms with van der Waals surface area (Å²) < 4.78 is 49.1. The molecule has 0 saturated heterocycles. The summed E-state index contributed by atoms with van der Waals surface area (Å²) in [4.78, 5) is 18.6. The molecule has 3 aromatic heterocycles. The fourth-order valence-corrected chi connectivity index (χ4v) is 3.89. The van der Waals surface area contributed by atoms with Crippen molar-refractivity contribution in [1.82, 2.24) is 29.3 Å². The van der Waals surface area contributed by atoms with Crippen molar-refractivity contribution < 1.29 is 22.7 Å². The number of rotatable bonds is 6. The van der Waals surface area contributed by atoms with Gasteiger partial charge in [0.1, 0.15) is 16.5 Å². The SMILES string of the molecule is CCn1cc(Cl)c(CN(C)C(=O)c2nn3c(C(F)(F)F)cc(-c4cccc(OC)c4)nc3c2Cl)n1. The number of benzene rings is 1. The van der Waals surface area contributed by atoms with Crippen LogP contribution in [0, 0.1) is 0 Å². The van der Waals surface area contributed by atoms with Crippen LogP contribution >= 0.6 is 23.2 Å². The second kappa shape index (κ2) is 9.38. The molecule has 0 atom stereocenters. The summed E-state index contributed by atoms with van der Waals surface area (Å²) in [5, 5.41) is 8.21. The minimum atomic E-state index is -4.79. The van der Waals surface area contributed by atoms with Gasteiger partial charge in [-0.1, -0.05) is 35.3 Å². The van der Waals surface area contributed by atoms with E-state index in [0.29, 0.717) is 33.1 Å². The normalized spacial score (nSPS) is 11.8. The standard InChI is InChI=1S/C22H19Cl2F3N6O2/c1-4-32-10-14(23)16(29-32)11-31(2)21(34)19-18(24)20-28-15(12-6-5-7-13(8-12)35-3)9-17(22(25,26)27)33(20)30-19/h5-10H,4,11H2,1-3H3. The number of carbonyl (C=O) groups is 1. The van der Waals surface area contributed by atoms with E-state index in [1.807, 2.05) is 6.92 Å². The van der Waals surface area contributed by atoms with Crippen LogP contribution in [-0.2, 0) is 19.3 Å². The highest BCUT2D eigenvalue weighted by Gasteiger charge is 2.37. The van der Waals surface area contributed by atoms with Crippen LogP contribution in [0.2, 0.25) is 10.0 Å². The van der Waals surface area contributed by atoms with Gasteiger partial charge in [0.2, 0.25) is 0 Å². The fraction of sp³-hybridized carbons (Fsp3) is 0.273. The van der Waals surface area contributed by atoms with Crippen molar-refractivity contribution in [2.45, 2.75) is 26.2 Å². The highest BCUT2D eigenvalue weighted by molar-refractivity contribution is 6.36. The molecular weight excluding hydrogens is 508 g/mol. The number of alkyl halides is 3. The predicted molar refractivity (Wildman–Crippen MR) is 124 cm³/mol. The molecule has 3 heterocycles. The van der Waals surface area contributed by atoms with Gasteiger partial charge < -0.3 is 9.64 Å². The van der Waals surface area contributed by atoms with E-state index in [1.54, 1.807) is 35.1 Å². The van der Waals surface area contributed by atoms with Crippen molar-refractivity contribution in [2.24, 2.45) is 0 Å². The van der Waals surface area contributed by atoms with Crippen LogP contribution in [0.5, 0.6) is 5.75 Å². The topological polar surface area (TPSA) is 77.6 Å². The Hall–Kier alpha value is -3.31. The van der Waals surface area contributed by atoms with E-state index >= 15 is 0 Å². The van der Waals surface area contributed by atoms with E-state index in [9.17, 15) is 18.0 Å². The van der Waals surface area contributed by atoms with Gasteiger partial charge >= 0.3 is 6.18 Å². The number of carbonyl (C=O) groups excluding carboxylic acids is 1. The highest BCUT2D eigenvalue weighted by Crippen LogP contribution is 2.35. The second-order valence-electron chi connectivity index (χ2n) is 7.59. The van der Waals surface area contributed by atoms with Crippen molar-refractivity contribution >= 4 is 34.8 Å². The predicted octanol–water partition coefficient (Wildman–Crippen LogP) is 5.22. The third-order valence-corrected chi connectivity index (χ3v) is 5.90. The van der Waals surface area contributed by atoms with Gasteiger partial charge in [-0.05, 0) is 25.1 Å². The molecule has 0 bridgehead atoms. The molecule has 1 aromatic carbocycles. The third kappa shape index (κ3) is 4.78. The van der Waals surface area contributed by atoms with E-state index in [4.69, 9.17) is 27.9 Å². The van der Waals surface area contributed by atoms with Crippen LogP contribution in [0.3, 0.4) is 0 Å². The maximum absolute atomic E-state index is 14.0. The molecule has 0 spiro atoms. The number of aryl methyl sites for hydroxylation is 1. The number of hydrogen-bond donors (Lipinski definition) is 0. The molecule has 8 nitrogen and oxygen atoms in total. The van der Waals surface area contributed by atoms with E-state index in [-0.39, 0.29) is 28.6 Å². The molecule has 0 unspecified atom stereocenters. The van der Waals surface area contributed by atoms with E-state index in [1.165, 1.54) is 19.1 Å². The van der Waals surface area contributed by atoms with Crippen LogP contribution in [0.25, 0.3) is 16.9 Å². The third-order valence-electron chi connectivity index (χ3n) is 5.24. The summed E-state index contributed by atoms with van der Waals surface area (Å²) in [6.07, 6.45) is -3.18. The zero-order valence-corrected chi connectivity index (χ0v) is 20.3. The number of nitrogens with zero attached hydrogens (tertiary/aromatic N) is 6. The Labute approximate surface area is 207 Å². The van der Waals surface area contributed by atoms with Gasteiger partial charge in [0.05, 0.1) is 24.4 Å². The first-order valence-electron chi connectivity index (χ1n) is 10.3. The number of methoxy groups -OCH3 is 1. The van der Waals surface area contributed by atoms with Gasteiger partial charge in [0.15, 0.2) is 17.0 Å². The first-order valence-corrected chi connectivity index (χ1v) is 11.1. The van der Waals surface area contributed by atoms with E-state index in [0.717, 1.165) is 6.07 Å². The zero-order chi connectivity index (χ0) is 25.5. The van der Waals surface area contributed by atoms with Gasteiger partial charge in [-0.25, -0.2) is 9.50 Å². The Morgan fingerprint density at radius 2 is 1.94 bits per heavy atom. The monoisotopic (exact) mass is 526 g/mol. The van der Waals surface area contributed by atoms with Crippen LogP contribution in [0.1, 0.15) is 28.8 Å². The maximum Gasteiger partial charge on any atom is 0.433 e. The van der Waals surface area contributed by atoms with Gasteiger partial charge in [0.25, 0.3) is 5.91 Å². The lowest BCUT2D eigenvalue weighted by molar-refractivity contribution is -0.142. The van der Waals surface area contributed by atoms with Crippen molar-refractivity contribution in [3.8, 4) is 17.0 Å². The maximum atomic E-state index is 14.0. The van der Waals surface area contributed by atoms with Crippen molar-refractivity contribution in [1.29, 1.82) is 0 Å². The summed E-state index contributed by atoms with van der Waals surface area (Å²) in [5.41, 5.74) is -1.01. The van der Waals surface area contributed by atoms with E-state index < -0.39 is 17.8 Å². The highest BCUT2D eigenvalue weighted by atomic mass is 35.5. The summed E-state index contributed by atoms with van der Waals surface area (Å²) in [7, 11) is 2.89. The summed E-state index contributed by atoms with van der Waals surface area (Å²) in [5.74, 6) is -0.266. The van der Waals surface area contributed by atoms with Crippen molar-refractivity contribution in [2.75, 3.05) is 14.2 Å². The number of aromatic nitrogens is 5. The fourth-order valence-electron chi connectivity index (χ4n) is 3.44. The Balaban J connectivity index is 1.79. The van der Waals surface area contributed by atoms with Crippen LogP contribution < -0.4 is 4.74 Å². The average molecular weight is 527 g/mol. The van der Waals surface area contributed by atoms with Gasteiger partial charge in [-0.15, -0.1) is 0 Å². The molecule has 4 aromatic rings. The molecule has 1 amide bonds. The molecule has 0 N–H and O–H groups in total. The Morgan fingerprint density at radius 3 is 2.57 bits per heavy atom. The lowest BCUT2D eigenvalue weighted by atomic mass is 10.1. The van der Waals surface area contributed by atoms with Crippen LogP contribution in [-0.4, -0.2) is 49.3 Å². The number of ether oxygens (including phenoxy) is 1. The molecular formula is C22H19Cl2F3N6O2. The van der Waals surface area contributed by atoms with Crippen LogP contribution in [0.4, 0.5) is 13.2 Å². The molecule has 13 heteroatoms. The molecule has 0 fully saturated rings. The molecule has 0 aliphatic heterocycles. The molecule has 0 aliphatic carbocycles. The zero-order valence-electron chi connectivity index (χ0n) is 18.8. The number of hydrogen-bond acceptors (Lipinski definition) is 5. The lowest BCUT2D eigenvalue weighted by Crippen LogP contribution is -2.27. The van der Waals surface area contributed by atoms with Gasteiger partial charge in [0, 0.05) is 25.4 Å². The Morgan fingerprint density at radius 1 is 1.20 bits per heavy atom. The molecule has 0 saturated carbocycles. The van der Waals surface area contributed by atoms with Crippen molar-refractivity contribution in [3.63, 3.8) is 0 Å². The quantitative estimate of drug-likeness (QED) is 0.344. The second-order valence-corrected chi connectivity index (χ2v) is 8.38. The minimum Gasteiger partial charge on any atom is -0.497 e. The largest absolute Gasteiger partial charge is 0.497 e. The summed E-state index contributed by atoms with van der Waals surface area (Å²) >= 11 is 12.5. The molecule has 4 rings (SSSR count). The number of amides is 1. The molecule has 0 aliphatic rings. The molecule has 184 valence electrons. The van der Waals surface area contributed by atoms with Gasteiger partial charge in [-0.2, -0.15) is 23.4 Å².